The van der Waals surface area contributed by atoms with Gasteiger partial charge in [-0.25, -0.2) is 4.79 Å². The number of carbonyl (C=O) groups excluding carboxylic acids is 3. The van der Waals surface area contributed by atoms with E-state index in [0.717, 1.165) is 39.8 Å². The lowest BCUT2D eigenvalue weighted by molar-refractivity contribution is -0.134. The Hall–Kier alpha value is -3.67. The van der Waals surface area contributed by atoms with Crippen LogP contribution in [0.25, 0.3) is 10.8 Å². The fraction of sp³-hybridized carbons (Fsp3) is 0.269. The largest absolute Gasteiger partial charge is 0.325 e. The van der Waals surface area contributed by atoms with E-state index in [1.807, 2.05) is 73.7 Å². The molecule has 4 amide bonds. The summed E-state index contributed by atoms with van der Waals surface area (Å²) in [6.45, 7) is 3.41. The summed E-state index contributed by atoms with van der Waals surface area (Å²) >= 11 is 0. The molecule has 1 saturated heterocycles. The Morgan fingerprint density at radius 3 is 2.56 bits per heavy atom. The highest BCUT2D eigenvalue weighted by molar-refractivity contribution is 6.11. The molecule has 162 valence electrons. The normalized spacial score (nSPS) is 22.8. The summed E-state index contributed by atoms with van der Waals surface area (Å²) in [5, 5.41) is 4.86. The van der Waals surface area contributed by atoms with Crippen molar-refractivity contribution in [3.63, 3.8) is 0 Å². The molecule has 32 heavy (non-hydrogen) atoms. The van der Waals surface area contributed by atoms with Crippen LogP contribution in [0.5, 0.6) is 0 Å². The minimum atomic E-state index is -1.22. The standard InChI is InChI=1S/C26H25N3O3/c1-17-11-12-19-8-5-6-10-22(19)29(17)23(30)16-28-24(31)26(2,27-25(28)32)21-14-13-18-7-3-4-9-20(18)15-21/h3-10,13-15,17H,11-12,16H2,1-2H3,(H,27,32)/t17-,26-/m1/s1. The number of urea groups is 1. The van der Waals surface area contributed by atoms with Gasteiger partial charge in [0.25, 0.3) is 5.91 Å². The van der Waals surface area contributed by atoms with Gasteiger partial charge < -0.3 is 10.2 Å². The van der Waals surface area contributed by atoms with Crippen molar-refractivity contribution >= 4 is 34.3 Å². The van der Waals surface area contributed by atoms with Gasteiger partial charge in [0.1, 0.15) is 12.1 Å². The molecule has 1 fully saturated rings. The van der Waals surface area contributed by atoms with Crippen molar-refractivity contribution in [1.29, 1.82) is 0 Å². The van der Waals surface area contributed by atoms with Crippen LogP contribution in [0.4, 0.5) is 10.5 Å². The van der Waals surface area contributed by atoms with E-state index in [-0.39, 0.29) is 18.5 Å². The van der Waals surface area contributed by atoms with Crippen LogP contribution in [-0.2, 0) is 21.5 Å². The number of hydrogen-bond acceptors (Lipinski definition) is 3. The maximum absolute atomic E-state index is 13.4. The van der Waals surface area contributed by atoms with E-state index in [0.29, 0.717) is 5.56 Å². The minimum absolute atomic E-state index is 0.00466. The molecule has 3 aromatic rings. The zero-order chi connectivity index (χ0) is 22.5. The van der Waals surface area contributed by atoms with Gasteiger partial charge in [0.05, 0.1) is 0 Å². The molecule has 0 aliphatic carbocycles. The molecule has 6 nitrogen and oxygen atoms in total. The Morgan fingerprint density at radius 2 is 1.75 bits per heavy atom. The van der Waals surface area contributed by atoms with Crippen molar-refractivity contribution in [1.82, 2.24) is 10.2 Å². The van der Waals surface area contributed by atoms with Crippen LogP contribution >= 0.6 is 0 Å². The van der Waals surface area contributed by atoms with Crippen molar-refractivity contribution in [2.24, 2.45) is 0 Å². The third-order valence-corrected chi connectivity index (χ3v) is 6.69. The molecule has 2 aliphatic rings. The van der Waals surface area contributed by atoms with Gasteiger partial charge >= 0.3 is 6.03 Å². The van der Waals surface area contributed by atoms with Gasteiger partial charge in [0, 0.05) is 11.7 Å². The SMILES string of the molecule is C[C@@H]1CCc2ccccc2N1C(=O)CN1C(=O)N[C@](C)(c2ccc3ccccc3c2)C1=O. The molecule has 0 aromatic heterocycles. The van der Waals surface area contributed by atoms with Gasteiger partial charge in [-0.1, -0.05) is 54.6 Å². The summed E-state index contributed by atoms with van der Waals surface area (Å²) in [5.41, 5.74) is 1.45. The lowest BCUT2D eigenvalue weighted by atomic mass is 9.90. The molecule has 0 unspecified atom stereocenters. The Kier molecular flexibility index (Phi) is 4.73. The zero-order valence-electron chi connectivity index (χ0n) is 18.2. The van der Waals surface area contributed by atoms with Gasteiger partial charge in [-0.2, -0.15) is 0 Å². The minimum Gasteiger partial charge on any atom is -0.319 e. The number of imide groups is 1. The van der Waals surface area contributed by atoms with Gasteiger partial charge in [-0.15, -0.1) is 0 Å². The molecule has 0 spiro atoms. The summed E-state index contributed by atoms with van der Waals surface area (Å²) < 4.78 is 0. The molecule has 0 bridgehead atoms. The first kappa shape index (κ1) is 20.2. The zero-order valence-corrected chi connectivity index (χ0v) is 18.2. The lowest BCUT2D eigenvalue weighted by Crippen LogP contribution is -2.49. The number of nitrogens with one attached hydrogen (secondary N) is 1. The highest BCUT2D eigenvalue weighted by Gasteiger charge is 2.50. The van der Waals surface area contributed by atoms with Gasteiger partial charge in [-0.05, 0) is 60.7 Å². The summed E-state index contributed by atoms with van der Waals surface area (Å²) in [4.78, 5) is 42.3. The Labute approximate surface area is 186 Å². The first-order valence-electron chi connectivity index (χ1n) is 10.9. The first-order valence-corrected chi connectivity index (χ1v) is 10.9. The van der Waals surface area contributed by atoms with Crippen molar-refractivity contribution < 1.29 is 14.4 Å². The molecule has 5 rings (SSSR count). The molecule has 2 heterocycles. The molecule has 6 heteroatoms. The second-order valence-corrected chi connectivity index (χ2v) is 8.79. The predicted molar refractivity (Wildman–Crippen MR) is 123 cm³/mol. The average molecular weight is 428 g/mol. The monoisotopic (exact) mass is 427 g/mol. The van der Waals surface area contributed by atoms with Crippen molar-refractivity contribution in [2.45, 2.75) is 38.3 Å². The van der Waals surface area contributed by atoms with E-state index in [4.69, 9.17) is 0 Å². The second-order valence-electron chi connectivity index (χ2n) is 8.79. The number of carbonyl (C=O) groups is 3. The first-order chi connectivity index (χ1) is 15.4. The van der Waals surface area contributed by atoms with E-state index in [9.17, 15) is 14.4 Å². The third-order valence-electron chi connectivity index (χ3n) is 6.69. The molecule has 2 atom stereocenters. The maximum Gasteiger partial charge on any atom is 0.325 e. The van der Waals surface area contributed by atoms with Gasteiger partial charge in [0.2, 0.25) is 5.91 Å². The van der Waals surface area contributed by atoms with Crippen LogP contribution in [0.2, 0.25) is 0 Å². The number of benzene rings is 3. The van der Waals surface area contributed by atoms with E-state index < -0.39 is 17.5 Å². The fourth-order valence-corrected chi connectivity index (χ4v) is 4.82. The average Bonchev–Trinajstić information content (AvgIpc) is 3.02. The summed E-state index contributed by atoms with van der Waals surface area (Å²) in [6, 6.07) is 20.9. The number of aryl methyl sites for hydroxylation is 1. The van der Waals surface area contributed by atoms with Crippen molar-refractivity contribution in [3.05, 3.63) is 77.9 Å². The van der Waals surface area contributed by atoms with Crippen molar-refractivity contribution in [3.8, 4) is 0 Å². The molecule has 0 saturated carbocycles. The molecule has 2 aliphatic heterocycles. The summed E-state index contributed by atoms with van der Waals surface area (Å²) in [7, 11) is 0. The highest BCUT2D eigenvalue weighted by atomic mass is 16.2. The molecular formula is C26H25N3O3. The number of amides is 4. The Bertz CT molecular complexity index is 1250. The van der Waals surface area contributed by atoms with Crippen LogP contribution in [-0.4, -0.2) is 35.3 Å². The number of nitrogens with zero attached hydrogens (tertiary/aromatic N) is 2. The van der Waals surface area contributed by atoms with Crippen LogP contribution in [0.15, 0.2) is 66.7 Å². The maximum atomic E-state index is 13.4. The lowest BCUT2D eigenvalue weighted by Gasteiger charge is -2.36. The molecule has 1 N–H and O–H groups in total. The molecule has 0 radical (unpaired) electrons. The van der Waals surface area contributed by atoms with Gasteiger partial charge in [0.15, 0.2) is 0 Å². The van der Waals surface area contributed by atoms with Crippen molar-refractivity contribution in [2.75, 3.05) is 11.4 Å². The van der Waals surface area contributed by atoms with Crippen LogP contribution < -0.4 is 10.2 Å². The van der Waals surface area contributed by atoms with Crippen LogP contribution in [0.3, 0.4) is 0 Å². The molecule has 3 aromatic carbocycles. The number of rotatable bonds is 3. The Balaban J connectivity index is 1.42. The smallest absolute Gasteiger partial charge is 0.319 e. The third kappa shape index (κ3) is 3.14. The topological polar surface area (TPSA) is 69.7 Å². The van der Waals surface area contributed by atoms with E-state index >= 15 is 0 Å². The van der Waals surface area contributed by atoms with Crippen LogP contribution in [0.1, 0.15) is 31.4 Å². The number of hydrogen-bond donors (Lipinski definition) is 1. The van der Waals surface area contributed by atoms with E-state index in [1.165, 1.54) is 0 Å². The van der Waals surface area contributed by atoms with Gasteiger partial charge in [-0.3, -0.25) is 14.5 Å². The number of para-hydroxylation sites is 1. The van der Waals surface area contributed by atoms with E-state index in [1.54, 1.807) is 11.8 Å². The van der Waals surface area contributed by atoms with Crippen LogP contribution in [0, 0.1) is 0 Å². The Morgan fingerprint density at radius 1 is 1.03 bits per heavy atom. The number of anilines is 1. The molecular weight excluding hydrogens is 402 g/mol. The summed E-state index contributed by atoms with van der Waals surface area (Å²) in [6.07, 6.45) is 1.75. The predicted octanol–water partition coefficient (Wildman–Crippen LogP) is 3.97. The fourth-order valence-electron chi connectivity index (χ4n) is 4.82. The quantitative estimate of drug-likeness (QED) is 0.643. The summed E-state index contributed by atoms with van der Waals surface area (Å²) in [5.74, 6) is -0.667. The highest BCUT2D eigenvalue weighted by Crippen LogP contribution is 2.33. The number of fused-ring (bicyclic) bond motifs is 2. The second kappa shape index (κ2) is 7.48. The van der Waals surface area contributed by atoms with E-state index in [2.05, 4.69) is 5.32 Å².